The Morgan fingerprint density at radius 2 is 1.31 bits per heavy atom. The molecule has 0 unspecified atom stereocenters. The molecule has 0 aromatic carbocycles. The summed E-state index contributed by atoms with van der Waals surface area (Å²) in [6.45, 7) is 4.40. The van der Waals surface area contributed by atoms with Crippen molar-refractivity contribution >= 4 is 18.4 Å². The van der Waals surface area contributed by atoms with Crippen LogP contribution in [-0.2, 0) is 0 Å². The molecule has 0 aliphatic heterocycles. The van der Waals surface area contributed by atoms with E-state index in [-0.39, 0.29) is 0 Å². The summed E-state index contributed by atoms with van der Waals surface area (Å²) in [7, 11) is 0. The molecule has 0 nitrogen and oxygen atoms in total. The predicted molar refractivity (Wildman–Crippen MR) is 62.9 cm³/mol. The summed E-state index contributed by atoms with van der Waals surface area (Å²) in [5.41, 5.74) is 0. The molecule has 0 rings (SSSR count). The van der Waals surface area contributed by atoms with E-state index in [1.54, 1.807) is 0 Å². The Kier molecular flexibility index (Phi) is 7.29. The molecule has 0 spiro atoms. The molecule has 0 amide bonds. The third-order valence-corrected chi connectivity index (χ3v) is 12.5. The summed E-state index contributed by atoms with van der Waals surface area (Å²) in [6.07, 6.45) is 16.1. The van der Waals surface area contributed by atoms with E-state index < -0.39 is 18.4 Å². The van der Waals surface area contributed by atoms with Crippen molar-refractivity contribution in [1.82, 2.24) is 0 Å². The normalized spacial score (nSPS) is 10.5. The van der Waals surface area contributed by atoms with Gasteiger partial charge in [-0.2, -0.15) is 0 Å². The van der Waals surface area contributed by atoms with Gasteiger partial charge in [0.1, 0.15) is 0 Å². The third-order valence-electron chi connectivity index (χ3n) is 2.47. The van der Waals surface area contributed by atoms with Crippen LogP contribution in [0.15, 0.2) is 0 Å². The summed E-state index contributed by atoms with van der Waals surface area (Å²) in [5.74, 6) is 0. The zero-order valence-electron chi connectivity index (χ0n) is 8.90. The first-order chi connectivity index (χ1) is 6.24. The van der Waals surface area contributed by atoms with E-state index in [1.807, 2.05) is 0 Å². The molecule has 1 heteroatoms. The van der Waals surface area contributed by atoms with Crippen molar-refractivity contribution in [1.29, 1.82) is 0 Å². The van der Waals surface area contributed by atoms with Gasteiger partial charge in [-0.15, -0.1) is 0 Å². The van der Waals surface area contributed by atoms with Crippen molar-refractivity contribution in [3.05, 3.63) is 0 Å². The summed E-state index contributed by atoms with van der Waals surface area (Å²) >= 11 is -2.48. The van der Waals surface area contributed by atoms with Gasteiger partial charge >= 0.3 is 87.5 Å². The molecular formula is C12H20Sn. The second-order valence-electron chi connectivity index (χ2n) is 3.58. The Morgan fingerprint density at radius 1 is 0.923 bits per heavy atom. The van der Waals surface area contributed by atoms with E-state index in [2.05, 4.69) is 21.7 Å². The Balaban J connectivity index is 4.18. The second kappa shape index (κ2) is 7.33. The van der Waals surface area contributed by atoms with Crippen LogP contribution < -0.4 is 0 Å². The van der Waals surface area contributed by atoms with Crippen molar-refractivity contribution < 1.29 is 0 Å². The predicted octanol–water partition coefficient (Wildman–Crippen LogP) is 3.38. The number of unbranched alkanes of at least 4 members (excludes halogenated alkanes) is 2. The van der Waals surface area contributed by atoms with Crippen molar-refractivity contribution in [3.63, 3.8) is 0 Å². The molecule has 13 heavy (non-hydrogen) atoms. The summed E-state index contributed by atoms with van der Waals surface area (Å²) < 4.78 is 8.40. The van der Waals surface area contributed by atoms with Crippen LogP contribution >= 0.6 is 0 Å². The average molecular weight is 283 g/mol. The van der Waals surface area contributed by atoms with Gasteiger partial charge in [-0.3, -0.25) is 0 Å². The molecular weight excluding hydrogens is 263 g/mol. The monoisotopic (exact) mass is 284 g/mol. The van der Waals surface area contributed by atoms with Crippen LogP contribution in [0, 0.1) is 20.7 Å². The summed E-state index contributed by atoms with van der Waals surface area (Å²) in [4.78, 5) is 0. The number of hydrogen-bond acceptors (Lipinski definition) is 0. The molecule has 0 aromatic rings. The van der Waals surface area contributed by atoms with Crippen molar-refractivity contribution in [3.8, 4) is 20.7 Å². The third kappa shape index (κ3) is 4.63. The van der Waals surface area contributed by atoms with Crippen molar-refractivity contribution in [2.75, 3.05) is 0 Å². The molecule has 0 aromatic heterocycles. The average Bonchev–Trinajstić information content (AvgIpc) is 2.20. The number of terminal acetylenes is 2. The molecule has 0 atom stereocenters. The van der Waals surface area contributed by atoms with E-state index >= 15 is 0 Å². The first-order valence-corrected chi connectivity index (χ1v) is 12.1. The van der Waals surface area contributed by atoms with Crippen LogP contribution in [0.3, 0.4) is 0 Å². The standard InChI is InChI=1S/2C4H9.2C2H.Sn/c2*1-3-4-2;2*1-2;/h2*1,3-4H2,2H3;2*1H;. The van der Waals surface area contributed by atoms with E-state index in [0.29, 0.717) is 0 Å². The zero-order chi connectivity index (χ0) is 10.2. The number of hydrogen-bond donors (Lipinski definition) is 0. The van der Waals surface area contributed by atoms with Crippen LogP contribution in [0.4, 0.5) is 0 Å². The molecule has 0 radical (unpaired) electrons. The SMILES string of the molecule is C#[C][Sn]([C]#C)([CH2]CCC)[CH2]CCC. The van der Waals surface area contributed by atoms with Crippen LogP contribution in [0.1, 0.15) is 39.5 Å². The van der Waals surface area contributed by atoms with Gasteiger partial charge in [0, 0.05) is 0 Å². The van der Waals surface area contributed by atoms with Gasteiger partial charge in [-0.05, 0) is 0 Å². The van der Waals surface area contributed by atoms with Gasteiger partial charge in [0.05, 0.1) is 0 Å². The molecule has 0 saturated heterocycles. The maximum atomic E-state index is 5.60. The van der Waals surface area contributed by atoms with Gasteiger partial charge in [-0.25, -0.2) is 0 Å². The van der Waals surface area contributed by atoms with Crippen LogP contribution in [0.5, 0.6) is 0 Å². The first kappa shape index (κ1) is 12.9. The van der Waals surface area contributed by atoms with Crippen molar-refractivity contribution in [2.45, 2.75) is 48.4 Å². The van der Waals surface area contributed by atoms with Gasteiger partial charge in [0.25, 0.3) is 0 Å². The minimum atomic E-state index is -2.48. The molecule has 0 N–H and O–H groups in total. The Labute approximate surface area is 87.4 Å². The maximum absolute atomic E-state index is 5.60. The van der Waals surface area contributed by atoms with Gasteiger partial charge in [0.2, 0.25) is 0 Å². The first-order valence-electron chi connectivity index (χ1n) is 5.20. The zero-order valence-corrected chi connectivity index (χ0v) is 11.8. The summed E-state index contributed by atoms with van der Waals surface area (Å²) in [6, 6.07) is 0. The molecule has 72 valence electrons. The Hall–Kier alpha value is -0.0813. The number of rotatable bonds is 6. The van der Waals surface area contributed by atoms with Crippen molar-refractivity contribution in [2.24, 2.45) is 0 Å². The molecule has 0 bridgehead atoms. The van der Waals surface area contributed by atoms with Crippen LogP contribution in [0.2, 0.25) is 8.87 Å². The molecule has 0 fully saturated rings. The Morgan fingerprint density at radius 3 is 1.54 bits per heavy atom. The topological polar surface area (TPSA) is 0 Å². The molecule has 0 aliphatic rings. The van der Waals surface area contributed by atoms with E-state index in [1.165, 1.54) is 34.6 Å². The van der Waals surface area contributed by atoms with Gasteiger partial charge in [0.15, 0.2) is 0 Å². The minimum absolute atomic E-state index is 1.19. The quantitative estimate of drug-likeness (QED) is 0.518. The second-order valence-corrected chi connectivity index (χ2v) is 14.3. The Bertz CT molecular complexity index is 180. The van der Waals surface area contributed by atoms with Crippen LogP contribution in [-0.4, -0.2) is 18.4 Å². The fourth-order valence-corrected chi connectivity index (χ4v) is 9.47. The summed E-state index contributed by atoms with van der Waals surface area (Å²) in [5, 5.41) is 0. The van der Waals surface area contributed by atoms with E-state index in [0.717, 1.165) is 0 Å². The van der Waals surface area contributed by atoms with Gasteiger partial charge in [-0.1, -0.05) is 0 Å². The fraction of sp³-hybridized carbons (Fsp3) is 0.667. The van der Waals surface area contributed by atoms with E-state index in [4.69, 9.17) is 12.8 Å². The molecule has 0 aliphatic carbocycles. The van der Waals surface area contributed by atoms with Gasteiger partial charge < -0.3 is 0 Å². The molecule has 0 heterocycles. The molecule has 0 saturated carbocycles. The van der Waals surface area contributed by atoms with E-state index in [9.17, 15) is 0 Å². The fourth-order valence-electron chi connectivity index (χ4n) is 1.41. The van der Waals surface area contributed by atoms with Crippen LogP contribution in [0.25, 0.3) is 0 Å².